The molecule has 8 rings (SSSR count). The third kappa shape index (κ3) is 6.25. The number of aliphatic carboxylic acids is 1. The Morgan fingerprint density at radius 1 is 0.943 bits per heavy atom. The number of anilines is 3. The van der Waals surface area contributed by atoms with E-state index in [9.17, 15) is 32.7 Å². The molecule has 1 spiro atoms. The molecule has 2 aromatic heterocycles. The molecule has 12 nitrogen and oxygen atoms in total. The fourth-order valence-electron chi connectivity index (χ4n) is 9.94. The lowest BCUT2D eigenvalue weighted by Crippen LogP contribution is -2.57. The van der Waals surface area contributed by atoms with Crippen molar-refractivity contribution in [3.63, 3.8) is 0 Å². The summed E-state index contributed by atoms with van der Waals surface area (Å²) in [6.07, 6.45) is 5.95. The number of piperazine rings is 1. The number of carbonyl (C=O) groups excluding carboxylic acids is 2. The zero-order valence-corrected chi connectivity index (χ0v) is 29.6. The van der Waals surface area contributed by atoms with Crippen molar-refractivity contribution in [3.8, 4) is 0 Å². The number of hydrogen-bond acceptors (Lipinski definition) is 9. The van der Waals surface area contributed by atoms with Crippen LogP contribution >= 0.6 is 0 Å². The van der Waals surface area contributed by atoms with Crippen LogP contribution in [0.3, 0.4) is 0 Å². The van der Waals surface area contributed by atoms with Gasteiger partial charge >= 0.3 is 12.1 Å². The minimum atomic E-state index is -5.02. The van der Waals surface area contributed by atoms with Crippen molar-refractivity contribution in [2.75, 3.05) is 42.5 Å². The molecule has 4 heterocycles. The van der Waals surface area contributed by atoms with Crippen LogP contribution in [0.25, 0.3) is 0 Å². The summed E-state index contributed by atoms with van der Waals surface area (Å²) in [4.78, 5) is 62.6. The number of aromatic nitrogens is 4. The predicted octanol–water partition coefficient (Wildman–Crippen LogP) is 5.61. The quantitative estimate of drug-likeness (QED) is 0.328. The van der Waals surface area contributed by atoms with Gasteiger partial charge in [0.1, 0.15) is 5.54 Å². The third-order valence-electron chi connectivity index (χ3n) is 12.4. The van der Waals surface area contributed by atoms with Crippen molar-refractivity contribution in [2.45, 2.75) is 81.8 Å². The van der Waals surface area contributed by atoms with Gasteiger partial charge in [0.2, 0.25) is 11.9 Å². The molecule has 2 aliphatic heterocycles. The number of fused-ring (bicyclic) bond motifs is 4. The summed E-state index contributed by atoms with van der Waals surface area (Å²) in [5.74, 6) is -2.09. The average molecular weight is 733 g/mol. The van der Waals surface area contributed by atoms with Crippen molar-refractivity contribution in [1.82, 2.24) is 30.2 Å². The van der Waals surface area contributed by atoms with Crippen LogP contribution in [0, 0.1) is 17.8 Å². The zero-order chi connectivity index (χ0) is 37.1. The molecule has 53 heavy (non-hydrogen) atoms. The second-order valence-corrected chi connectivity index (χ2v) is 15.7. The standard InChI is InChI=1S/C38H43F3N8O4/c1-23-16-24-18-26(17-23)37(20-24,33(52)53)46-31(50)27-21-44-35(45-30(27)38(39,40)41)49-22-36(8-3-2-4-9-36)28-19-25(6-7-29(28)49)32(51)47-12-14-48(15-13-47)34-42-10-5-11-43-34/h5-7,10-11,19,21,23-24,26H,2-4,8-9,12-18,20,22H2,1H3,(H,46,50)(H,52,53). The number of nitrogens with zero attached hydrogens (tertiary/aromatic N) is 7. The van der Waals surface area contributed by atoms with Crippen LogP contribution in [0.1, 0.15) is 96.7 Å². The molecular formula is C38H43F3N8O4. The molecule has 1 aromatic carbocycles. The topological polar surface area (TPSA) is 145 Å². The maximum Gasteiger partial charge on any atom is 0.434 e. The maximum absolute atomic E-state index is 14.7. The minimum Gasteiger partial charge on any atom is -0.479 e. The van der Waals surface area contributed by atoms with Gasteiger partial charge in [0.25, 0.3) is 11.8 Å². The van der Waals surface area contributed by atoms with Crippen LogP contribution in [0.5, 0.6) is 0 Å². The predicted molar refractivity (Wildman–Crippen MR) is 188 cm³/mol. The van der Waals surface area contributed by atoms with Gasteiger partial charge in [-0.3, -0.25) is 9.59 Å². The molecule has 4 fully saturated rings. The molecule has 3 aliphatic carbocycles. The highest BCUT2D eigenvalue weighted by atomic mass is 19.4. The summed E-state index contributed by atoms with van der Waals surface area (Å²) in [6, 6.07) is 7.13. The Hall–Kier alpha value is -4.82. The number of carbonyl (C=O) groups is 3. The Morgan fingerprint density at radius 3 is 2.38 bits per heavy atom. The summed E-state index contributed by atoms with van der Waals surface area (Å²) in [7, 11) is 0. The number of amides is 2. The van der Waals surface area contributed by atoms with Crippen LogP contribution in [-0.2, 0) is 16.4 Å². The molecular weight excluding hydrogens is 689 g/mol. The van der Waals surface area contributed by atoms with E-state index < -0.39 is 40.3 Å². The largest absolute Gasteiger partial charge is 0.479 e. The number of carboxylic acid groups (broad SMARTS) is 1. The van der Waals surface area contributed by atoms with E-state index in [4.69, 9.17) is 0 Å². The maximum atomic E-state index is 14.7. The summed E-state index contributed by atoms with van der Waals surface area (Å²) < 4.78 is 44.2. The summed E-state index contributed by atoms with van der Waals surface area (Å²) >= 11 is 0. The number of hydrogen-bond donors (Lipinski definition) is 2. The van der Waals surface area contributed by atoms with Gasteiger partial charge in [0.05, 0.1) is 5.56 Å². The van der Waals surface area contributed by atoms with Gasteiger partial charge in [-0.05, 0) is 86.1 Å². The lowest BCUT2D eigenvalue weighted by molar-refractivity contribution is -0.146. The Morgan fingerprint density at radius 2 is 1.68 bits per heavy atom. The number of nitrogens with one attached hydrogen (secondary N) is 1. The molecule has 3 saturated carbocycles. The van der Waals surface area contributed by atoms with E-state index in [0.717, 1.165) is 50.3 Å². The van der Waals surface area contributed by atoms with Gasteiger partial charge in [-0.2, -0.15) is 13.2 Å². The molecule has 0 radical (unpaired) electrons. The molecule has 5 aliphatic rings. The number of alkyl halides is 3. The number of rotatable bonds is 6. The van der Waals surface area contributed by atoms with E-state index in [0.29, 0.717) is 62.8 Å². The molecule has 4 unspecified atom stereocenters. The first kappa shape index (κ1) is 35.2. The van der Waals surface area contributed by atoms with Gasteiger partial charge in [-0.1, -0.05) is 26.2 Å². The van der Waals surface area contributed by atoms with E-state index in [-0.39, 0.29) is 36.0 Å². The van der Waals surface area contributed by atoms with Gasteiger partial charge in [0.15, 0.2) is 5.69 Å². The van der Waals surface area contributed by atoms with Crippen molar-refractivity contribution in [2.24, 2.45) is 17.8 Å². The number of carboxylic acids is 1. The van der Waals surface area contributed by atoms with E-state index in [1.165, 1.54) is 0 Å². The first-order valence-electron chi connectivity index (χ1n) is 18.6. The van der Waals surface area contributed by atoms with Crippen LogP contribution in [0.4, 0.5) is 30.8 Å². The summed E-state index contributed by atoms with van der Waals surface area (Å²) in [5.41, 5.74) is -2.22. The van der Waals surface area contributed by atoms with Crippen LogP contribution in [0.2, 0.25) is 0 Å². The summed E-state index contributed by atoms with van der Waals surface area (Å²) in [5, 5.41) is 12.8. The van der Waals surface area contributed by atoms with Crippen molar-refractivity contribution >= 4 is 35.4 Å². The van der Waals surface area contributed by atoms with Gasteiger partial charge < -0.3 is 25.1 Å². The van der Waals surface area contributed by atoms with Gasteiger partial charge in [-0.25, -0.2) is 24.7 Å². The monoisotopic (exact) mass is 732 g/mol. The minimum absolute atomic E-state index is 0.0824. The molecule has 3 aromatic rings. The SMILES string of the molecule is CC1CC2CC(C1)C(NC(=O)c1cnc(N3CC4(CCCCC4)c4cc(C(=O)N5CCN(c6ncccn6)CC5)ccc43)nc1C(F)(F)F)(C(=O)O)C2. The Labute approximate surface area is 305 Å². The molecule has 4 atom stereocenters. The normalized spacial score (nSPS) is 26.4. The average Bonchev–Trinajstić information content (AvgIpc) is 3.60. The van der Waals surface area contributed by atoms with Gasteiger partial charge in [0, 0.05) is 68.0 Å². The third-order valence-corrected chi connectivity index (χ3v) is 12.4. The Bertz CT molecular complexity index is 1910. The van der Waals surface area contributed by atoms with Crippen molar-refractivity contribution in [3.05, 3.63) is 65.2 Å². The molecule has 15 heteroatoms. The second-order valence-electron chi connectivity index (χ2n) is 15.7. The number of halogens is 3. The molecule has 280 valence electrons. The fourth-order valence-corrected chi connectivity index (χ4v) is 9.94. The van der Waals surface area contributed by atoms with Gasteiger partial charge in [-0.15, -0.1) is 0 Å². The smallest absolute Gasteiger partial charge is 0.434 e. The fraction of sp³-hybridized carbons (Fsp3) is 0.553. The lowest BCUT2D eigenvalue weighted by atomic mass is 9.70. The second kappa shape index (κ2) is 13.2. The van der Waals surface area contributed by atoms with Crippen LogP contribution < -0.4 is 15.1 Å². The molecule has 2 amide bonds. The van der Waals surface area contributed by atoms with Crippen molar-refractivity contribution in [1.29, 1.82) is 0 Å². The first-order valence-corrected chi connectivity index (χ1v) is 18.6. The van der Waals surface area contributed by atoms with E-state index in [1.54, 1.807) is 40.4 Å². The molecule has 1 saturated heterocycles. The highest BCUT2D eigenvalue weighted by molar-refractivity contribution is 5.99. The van der Waals surface area contributed by atoms with Crippen LogP contribution in [-0.4, -0.2) is 86.0 Å². The summed E-state index contributed by atoms with van der Waals surface area (Å²) in [6.45, 7) is 4.53. The Kier molecular flexibility index (Phi) is 8.80. The zero-order valence-electron chi connectivity index (χ0n) is 29.6. The highest BCUT2D eigenvalue weighted by Crippen LogP contribution is 2.52. The molecule has 2 N–H and O–H groups in total. The first-order chi connectivity index (χ1) is 25.4. The van der Waals surface area contributed by atoms with Crippen molar-refractivity contribution < 1.29 is 32.7 Å². The molecule has 2 bridgehead atoms. The highest BCUT2D eigenvalue weighted by Gasteiger charge is 2.57. The Balaban J connectivity index is 1.08. The lowest BCUT2D eigenvalue weighted by Gasteiger charge is -2.35. The van der Waals surface area contributed by atoms with E-state index in [1.807, 2.05) is 17.9 Å². The number of benzene rings is 1. The van der Waals surface area contributed by atoms with E-state index >= 15 is 0 Å². The van der Waals surface area contributed by atoms with Crippen LogP contribution in [0.15, 0.2) is 42.9 Å². The van der Waals surface area contributed by atoms with E-state index in [2.05, 4.69) is 25.3 Å².